The maximum Gasteiger partial charge on any atom is 0.191 e. The van der Waals surface area contributed by atoms with Crippen molar-refractivity contribution in [1.29, 1.82) is 0 Å². The molecule has 0 aliphatic carbocycles. The van der Waals surface area contributed by atoms with Crippen LogP contribution in [-0.4, -0.2) is 26.3 Å². The van der Waals surface area contributed by atoms with Crippen molar-refractivity contribution in [2.75, 3.05) is 5.75 Å². The Balaban J connectivity index is 2.09. The van der Waals surface area contributed by atoms with Gasteiger partial charge in [0.15, 0.2) is 11.0 Å². The van der Waals surface area contributed by atoms with Crippen LogP contribution in [-0.2, 0) is 11.8 Å². The summed E-state index contributed by atoms with van der Waals surface area (Å²) in [5.74, 6) is 1.50. The molecule has 2 aromatic rings. The number of thiophene rings is 1. The van der Waals surface area contributed by atoms with Gasteiger partial charge in [-0.15, -0.1) is 21.5 Å². The minimum Gasteiger partial charge on any atom is -0.304 e. The quantitative estimate of drug-likeness (QED) is 0.812. The van der Waals surface area contributed by atoms with Gasteiger partial charge in [-0.2, -0.15) is 0 Å². The summed E-state index contributed by atoms with van der Waals surface area (Å²) in [6.07, 6.45) is 0. The molecule has 0 atom stereocenters. The predicted octanol–water partition coefficient (Wildman–Crippen LogP) is 3.25. The van der Waals surface area contributed by atoms with Gasteiger partial charge in [-0.1, -0.05) is 38.6 Å². The molecule has 0 aromatic carbocycles. The Hall–Kier alpha value is -1.14. The van der Waals surface area contributed by atoms with E-state index in [2.05, 4.69) is 10.2 Å². The van der Waals surface area contributed by atoms with Gasteiger partial charge in [0.05, 0.1) is 10.6 Å². The molecule has 0 spiro atoms. The van der Waals surface area contributed by atoms with Crippen molar-refractivity contribution in [1.82, 2.24) is 14.8 Å². The monoisotopic (exact) mass is 295 g/mol. The zero-order valence-corrected chi connectivity index (χ0v) is 13.1. The fourth-order valence-electron chi connectivity index (χ4n) is 1.41. The minimum atomic E-state index is -0.303. The summed E-state index contributed by atoms with van der Waals surface area (Å²) >= 11 is 3.08. The number of nitrogens with zero attached hydrogens (tertiary/aromatic N) is 3. The molecule has 0 N–H and O–H groups in total. The molecule has 0 fully saturated rings. The van der Waals surface area contributed by atoms with Crippen LogP contribution in [0.3, 0.4) is 0 Å². The fourth-order valence-corrected chi connectivity index (χ4v) is 3.22. The maximum absolute atomic E-state index is 11.9. The van der Waals surface area contributed by atoms with E-state index in [1.807, 2.05) is 49.9 Å². The van der Waals surface area contributed by atoms with E-state index in [1.165, 1.54) is 11.8 Å². The highest BCUT2D eigenvalue weighted by Gasteiger charge is 2.22. The molecule has 2 aromatic heterocycles. The zero-order valence-electron chi connectivity index (χ0n) is 11.5. The average Bonchev–Trinajstić information content (AvgIpc) is 2.94. The second kappa shape index (κ2) is 5.46. The summed E-state index contributed by atoms with van der Waals surface area (Å²) in [7, 11) is 1.93. The zero-order chi connectivity index (χ0) is 14.0. The van der Waals surface area contributed by atoms with E-state index in [1.54, 1.807) is 11.3 Å². The van der Waals surface area contributed by atoms with Crippen LogP contribution < -0.4 is 0 Å². The van der Waals surface area contributed by atoms with Crippen molar-refractivity contribution in [3.63, 3.8) is 0 Å². The predicted molar refractivity (Wildman–Crippen MR) is 79.5 cm³/mol. The lowest BCUT2D eigenvalue weighted by atomic mass is 9.92. The van der Waals surface area contributed by atoms with Gasteiger partial charge in [0.1, 0.15) is 5.78 Å². The summed E-state index contributed by atoms with van der Waals surface area (Å²) in [5, 5.41) is 11.1. The molecule has 19 heavy (non-hydrogen) atoms. The Morgan fingerprint density at radius 1 is 1.42 bits per heavy atom. The van der Waals surface area contributed by atoms with Crippen molar-refractivity contribution < 1.29 is 4.79 Å². The molecule has 0 amide bonds. The third kappa shape index (κ3) is 3.25. The number of hydrogen-bond donors (Lipinski definition) is 0. The molecule has 6 heteroatoms. The van der Waals surface area contributed by atoms with E-state index in [-0.39, 0.29) is 11.2 Å². The first kappa shape index (κ1) is 14.3. The highest BCUT2D eigenvalue weighted by atomic mass is 32.2. The summed E-state index contributed by atoms with van der Waals surface area (Å²) in [4.78, 5) is 13.0. The van der Waals surface area contributed by atoms with Gasteiger partial charge in [-0.25, -0.2) is 0 Å². The van der Waals surface area contributed by atoms with Crippen LogP contribution in [0.5, 0.6) is 0 Å². The third-order valence-corrected chi connectivity index (χ3v) is 4.63. The third-order valence-electron chi connectivity index (χ3n) is 2.75. The first-order valence-corrected chi connectivity index (χ1v) is 7.85. The van der Waals surface area contributed by atoms with Crippen molar-refractivity contribution in [2.24, 2.45) is 12.5 Å². The lowest BCUT2D eigenvalue weighted by Crippen LogP contribution is -2.22. The molecule has 0 aliphatic rings. The molecule has 0 radical (unpaired) electrons. The maximum atomic E-state index is 11.9. The summed E-state index contributed by atoms with van der Waals surface area (Å²) in [5.41, 5.74) is -0.303. The van der Waals surface area contributed by atoms with E-state index in [0.717, 1.165) is 15.9 Å². The largest absolute Gasteiger partial charge is 0.304 e. The molecular weight excluding hydrogens is 278 g/mol. The molecule has 0 aliphatic heterocycles. The van der Waals surface area contributed by atoms with E-state index in [4.69, 9.17) is 0 Å². The number of hydrogen-bond acceptors (Lipinski definition) is 5. The highest BCUT2D eigenvalue weighted by Crippen LogP contribution is 2.27. The molecule has 0 saturated heterocycles. The van der Waals surface area contributed by atoms with Crippen LogP contribution in [0, 0.1) is 5.41 Å². The topological polar surface area (TPSA) is 47.8 Å². The lowest BCUT2D eigenvalue weighted by Gasteiger charge is -2.15. The molecule has 0 unspecified atom stereocenters. The first-order chi connectivity index (χ1) is 8.89. The van der Waals surface area contributed by atoms with Crippen LogP contribution in [0.4, 0.5) is 0 Å². The van der Waals surface area contributed by atoms with Gasteiger partial charge in [0.25, 0.3) is 0 Å². The van der Waals surface area contributed by atoms with Crippen LogP contribution >= 0.6 is 23.1 Å². The summed E-state index contributed by atoms with van der Waals surface area (Å²) in [6.45, 7) is 5.80. The molecule has 4 nitrogen and oxygen atoms in total. The normalized spacial score (nSPS) is 11.8. The smallest absolute Gasteiger partial charge is 0.191 e. The Labute approximate surface area is 121 Å². The van der Waals surface area contributed by atoms with E-state index in [0.29, 0.717) is 5.75 Å². The van der Waals surface area contributed by atoms with Gasteiger partial charge in [0, 0.05) is 12.5 Å². The second-order valence-corrected chi connectivity index (χ2v) is 7.19. The minimum absolute atomic E-state index is 0.221. The van der Waals surface area contributed by atoms with E-state index < -0.39 is 0 Å². The van der Waals surface area contributed by atoms with Gasteiger partial charge < -0.3 is 4.57 Å². The fraction of sp³-hybridized carbons (Fsp3) is 0.462. The Morgan fingerprint density at radius 3 is 2.74 bits per heavy atom. The van der Waals surface area contributed by atoms with Gasteiger partial charge in [0.2, 0.25) is 0 Å². The van der Waals surface area contributed by atoms with Gasteiger partial charge in [-0.05, 0) is 11.4 Å². The lowest BCUT2D eigenvalue weighted by molar-refractivity contribution is -0.123. The molecule has 0 saturated carbocycles. The molecule has 0 bridgehead atoms. The number of thioether (sulfide) groups is 1. The first-order valence-electron chi connectivity index (χ1n) is 5.99. The number of Topliss-reactive ketones (excluding diaryl/α,β-unsaturated/α-hetero) is 1. The van der Waals surface area contributed by atoms with Crippen LogP contribution in [0.15, 0.2) is 22.7 Å². The van der Waals surface area contributed by atoms with Crippen molar-refractivity contribution >= 4 is 28.9 Å². The van der Waals surface area contributed by atoms with Crippen LogP contribution in [0.1, 0.15) is 20.8 Å². The molecular formula is C13H17N3OS2. The Kier molecular flexibility index (Phi) is 4.10. The Morgan fingerprint density at radius 2 is 2.16 bits per heavy atom. The van der Waals surface area contributed by atoms with Gasteiger partial charge >= 0.3 is 0 Å². The number of rotatable bonds is 4. The number of aromatic nitrogens is 3. The van der Waals surface area contributed by atoms with Crippen molar-refractivity contribution in [3.8, 4) is 10.7 Å². The number of ketones is 1. The second-order valence-electron chi connectivity index (χ2n) is 5.30. The number of carbonyl (C=O) groups is 1. The van der Waals surface area contributed by atoms with E-state index >= 15 is 0 Å². The standard InChI is InChI=1S/C13H17N3OS2/c1-13(2,3)10(17)8-19-12-15-14-11(16(12)4)9-6-5-7-18-9/h5-7H,8H2,1-4H3. The van der Waals surface area contributed by atoms with Gasteiger partial charge in [-0.3, -0.25) is 4.79 Å². The number of carbonyl (C=O) groups excluding carboxylic acids is 1. The molecule has 102 valence electrons. The molecule has 2 rings (SSSR count). The SMILES string of the molecule is Cn1c(SCC(=O)C(C)(C)C)nnc1-c1cccs1. The highest BCUT2D eigenvalue weighted by molar-refractivity contribution is 7.99. The van der Waals surface area contributed by atoms with Crippen molar-refractivity contribution in [3.05, 3.63) is 17.5 Å². The Bertz CT molecular complexity index is 567. The van der Waals surface area contributed by atoms with Crippen LogP contribution in [0.2, 0.25) is 0 Å². The van der Waals surface area contributed by atoms with Crippen LogP contribution in [0.25, 0.3) is 10.7 Å². The average molecular weight is 295 g/mol. The molecule has 2 heterocycles. The summed E-state index contributed by atoms with van der Waals surface area (Å²) in [6, 6.07) is 4.01. The van der Waals surface area contributed by atoms with E-state index in [9.17, 15) is 4.79 Å². The summed E-state index contributed by atoms with van der Waals surface area (Å²) < 4.78 is 1.94. The van der Waals surface area contributed by atoms with Crippen molar-refractivity contribution in [2.45, 2.75) is 25.9 Å².